The number of aliphatic carboxylic acids is 4. The summed E-state index contributed by atoms with van der Waals surface area (Å²) >= 11 is 0. The Hall–Kier alpha value is -4.15. The zero-order valence-electron chi connectivity index (χ0n) is 12.8. The summed E-state index contributed by atoms with van der Waals surface area (Å²) in [5.41, 5.74) is 1.17. The maximum absolute atomic E-state index is 11.8. The number of hydrogen-bond acceptors (Lipinski definition) is 7. The lowest BCUT2D eigenvalue weighted by Crippen LogP contribution is -2.09. The fourth-order valence-corrected chi connectivity index (χ4v) is 1.16. The van der Waals surface area contributed by atoms with Gasteiger partial charge in [-0.25, -0.2) is 19.2 Å². The van der Waals surface area contributed by atoms with E-state index in [0.717, 1.165) is 0 Å². The highest BCUT2D eigenvalue weighted by Crippen LogP contribution is 2.06. The molecule has 0 aliphatic carbocycles. The van der Waals surface area contributed by atoms with Crippen LogP contribution in [-0.2, 0) is 19.2 Å². The van der Waals surface area contributed by atoms with Crippen LogP contribution < -0.4 is 0 Å². The molecule has 0 aromatic carbocycles. The molecule has 2 aromatic rings. The highest BCUT2D eigenvalue weighted by Gasteiger charge is 2.07. The van der Waals surface area contributed by atoms with Crippen LogP contribution >= 0.6 is 0 Å². The van der Waals surface area contributed by atoms with Gasteiger partial charge in [-0.15, -0.1) is 0 Å². The van der Waals surface area contributed by atoms with E-state index in [1.807, 2.05) is 0 Å². The highest BCUT2D eigenvalue weighted by atomic mass is 16.4. The van der Waals surface area contributed by atoms with Gasteiger partial charge in [0.2, 0.25) is 0 Å². The minimum atomic E-state index is -1.82. The van der Waals surface area contributed by atoms with Gasteiger partial charge in [0.1, 0.15) is 0 Å². The first-order valence-electron chi connectivity index (χ1n) is 6.44. The molecule has 0 saturated heterocycles. The molecule has 26 heavy (non-hydrogen) atoms. The topological polar surface area (TPSA) is 192 Å². The largest absolute Gasteiger partial charge is 0.473 e. The Labute approximate surface area is 145 Å². The third kappa shape index (κ3) is 9.09. The summed E-state index contributed by atoms with van der Waals surface area (Å²) in [4.78, 5) is 55.9. The Kier molecular flexibility index (Phi) is 9.58. The Balaban J connectivity index is 0.000000437. The predicted octanol–water partition coefficient (Wildman–Crippen LogP) is 0.0188. The Morgan fingerprint density at radius 2 is 0.923 bits per heavy atom. The van der Waals surface area contributed by atoms with Crippen molar-refractivity contribution < 1.29 is 44.4 Å². The first kappa shape index (κ1) is 21.9. The SMILES string of the molecule is O=C(O)C(=O)O.O=C(O)C(=O)O.O=C(c1cccnc1)c1cccnc1. The molecule has 0 radical (unpaired) electrons. The number of ketones is 1. The van der Waals surface area contributed by atoms with Crippen molar-refractivity contribution in [2.24, 2.45) is 0 Å². The number of pyridine rings is 2. The van der Waals surface area contributed by atoms with Crippen LogP contribution in [0.1, 0.15) is 15.9 Å². The molecule has 11 heteroatoms. The molecule has 4 N–H and O–H groups in total. The van der Waals surface area contributed by atoms with E-state index >= 15 is 0 Å². The van der Waals surface area contributed by atoms with Gasteiger partial charge in [0.15, 0.2) is 5.78 Å². The van der Waals surface area contributed by atoms with Gasteiger partial charge < -0.3 is 20.4 Å². The van der Waals surface area contributed by atoms with Gasteiger partial charge in [0, 0.05) is 35.9 Å². The minimum absolute atomic E-state index is 0.0498. The maximum atomic E-state index is 11.8. The smallest absolute Gasteiger partial charge is 0.414 e. The molecule has 0 amide bonds. The molecule has 2 rings (SSSR count). The highest BCUT2D eigenvalue weighted by molar-refractivity contribution is 6.27. The van der Waals surface area contributed by atoms with Crippen molar-refractivity contribution in [2.75, 3.05) is 0 Å². The van der Waals surface area contributed by atoms with E-state index in [0.29, 0.717) is 11.1 Å². The molecule has 0 bridgehead atoms. The van der Waals surface area contributed by atoms with Gasteiger partial charge in [-0.1, -0.05) is 0 Å². The molecule has 2 aromatic heterocycles. The Morgan fingerprint density at radius 3 is 1.12 bits per heavy atom. The van der Waals surface area contributed by atoms with E-state index in [1.54, 1.807) is 49.1 Å². The van der Waals surface area contributed by atoms with Crippen molar-refractivity contribution in [3.8, 4) is 0 Å². The van der Waals surface area contributed by atoms with Crippen LogP contribution in [0.15, 0.2) is 49.1 Å². The molecular formula is C15H12N2O9. The lowest BCUT2D eigenvalue weighted by atomic mass is 10.1. The van der Waals surface area contributed by atoms with E-state index in [9.17, 15) is 4.79 Å². The summed E-state index contributed by atoms with van der Waals surface area (Å²) in [6.45, 7) is 0. The third-order valence-electron chi connectivity index (χ3n) is 2.21. The van der Waals surface area contributed by atoms with Gasteiger partial charge in [-0.05, 0) is 24.3 Å². The average molecular weight is 364 g/mol. The first-order chi connectivity index (χ1) is 12.2. The maximum Gasteiger partial charge on any atom is 0.414 e. The van der Waals surface area contributed by atoms with E-state index in [4.69, 9.17) is 39.6 Å². The summed E-state index contributed by atoms with van der Waals surface area (Å²) in [5, 5.41) is 29.6. The zero-order chi connectivity index (χ0) is 20.1. The van der Waals surface area contributed by atoms with Crippen molar-refractivity contribution in [1.29, 1.82) is 0 Å². The van der Waals surface area contributed by atoms with Crippen molar-refractivity contribution in [1.82, 2.24) is 9.97 Å². The van der Waals surface area contributed by atoms with Crippen molar-refractivity contribution >= 4 is 29.7 Å². The number of hydrogen-bond donors (Lipinski definition) is 4. The van der Waals surface area contributed by atoms with E-state index in [-0.39, 0.29) is 5.78 Å². The third-order valence-corrected chi connectivity index (χ3v) is 2.21. The average Bonchev–Trinajstić information content (AvgIpc) is 2.63. The second kappa shape index (κ2) is 11.4. The fourth-order valence-electron chi connectivity index (χ4n) is 1.16. The summed E-state index contributed by atoms with van der Waals surface area (Å²) in [5.74, 6) is -7.35. The van der Waals surface area contributed by atoms with Crippen LogP contribution in [-0.4, -0.2) is 60.1 Å². The van der Waals surface area contributed by atoms with Crippen molar-refractivity contribution in [3.63, 3.8) is 0 Å². The van der Waals surface area contributed by atoms with Crippen molar-refractivity contribution in [3.05, 3.63) is 60.2 Å². The van der Waals surface area contributed by atoms with E-state index in [1.165, 1.54) is 0 Å². The van der Waals surface area contributed by atoms with E-state index in [2.05, 4.69) is 9.97 Å². The molecule has 136 valence electrons. The number of carbonyl (C=O) groups excluding carboxylic acids is 1. The van der Waals surface area contributed by atoms with Crippen LogP contribution in [0, 0.1) is 0 Å². The number of aromatic nitrogens is 2. The van der Waals surface area contributed by atoms with Gasteiger partial charge in [-0.2, -0.15) is 0 Å². The molecule has 0 aliphatic rings. The molecular weight excluding hydrogens is 352 g/mol. The second-order valence-corrected chi connectivity index (χ2v) is 4.03. The van der Waals surface area contributed by atoms with Crippen LogP contribution in [0.25, 0.3) is 0 Å². The Bertz CT molecular complexity index is 687. The number of carboxylic acids is 4. The number of nitrogens with zero attached hydrogens (tertiary/aromatic N) is 2. The monoisotopic (exact) mass is 364 g/mol. The molecule has 0 unspecified atom stereocenters. The van der Waals surface area contributed by atoms with Gasteiger partial charge >= 0.3 is 23.9 Å². The van der Waals surface area contributed by atoms with Gasteiger partial charge in [0.05, 0.1) is 0 Å². The van der Waals surface area contributed by atoms with Crippen LogP contribution in [0.5, 0.6) is 0 Å². The van der Waals surface area contributed by atoms with Gasteiger partial charge in [-0.3, -0.25) is 14.8 Å². The predicted molar refractivity (Wildman–Crippen MR) is 82.4 cm³/mol. The lowest BCUT2D eigenvalue weighted by Gasteiger charge is -1.98. The minimum Gasteiger partial charge on any atom is -0.473 e. The molecule has 2 heterocycles. The molecule has 0 saturated carbocycles. The summed E-state index contributed by atoms with van der Waals surface area (Å²) < 4.78 is 0. The molecule has 0 atom stereocenters. The molecule has 0 aliphatic heterocycles. The molecule has 11 nitrogen and oxygen atoms in total. The van der Waals surface area contributed by atoms with Crippen LogP contribution in [0.3, 0.4) is 0 Å². The zero-order valence-corrected chi connectivity index (χ0v) is 12.8. The summed E-state index contributed by atoms with van der Waals surface area (Å²) in [7, 11) is 0. The first-order valence-corrected chi connectivity index (χ1v) is 6.44. The number of carbonyl (C=O) groups is 5. The standard InChI is InChI=1S/C11H8N2O.2C2H2O4/c14-11(9-3-1-5-12-7-9)10-4-2-6-13-8-10;2*3-1(4)2(5)6/h1-8H;2*(H,3,4)(H,5,6). The fraction of sp³-hybridized carbons (Fsp3) is 0. The summed E-state index contributed by atoms with van der Waals surface area (Å²) in [6, 6.07) is 6.96. The summed E-state index contributed by atoms with van der Waals surface area (Å²) in [6.07, 6.45) is 6.38. The normalized spacial score (nSPS) is 8.62. The number of carboxylic acid groups (broad SMARTS) is 4. The molecule has 0 fully saturated rings. The van der Waals surface area contributed by atoms with Gasteiger partial charge in [0.25, 0.3) is 0 Å². The van der Waals surface area contributed by atoms with E-state index < -0.39 is 23.9 Å². The number of rotatable bonds is 2. The molecule has 0 spiro atoms. The quantitative estimate of drug-likeness (QED) is 0.414. The van der Waals surface area contributed by atoms with Crippen LogP contribution in [0.2, 0.25) is 0 Å². The second-order valence-electron chi connectivity index (χ2n) is 4.03. The van der Waals surface area contributed by atoms with Crippen molar-refractivity contribution in [2.45, 2.75) is 0 Å². The van der Waals surface area contributed by atoms with Crippen LogP contribution in [0.4, 0.5) is 0 Å². The Morgan fingerprint density at radius 1 is 0.615 bits per heavy atom. The lowest BCUT2D eigenvalue weighted by molar-refractivity contribution is -0.159.